The van der Waals surface area contributed by atoms with Gasteiger partial charge in [-0.25, -0.2) is 9.78 Å². The van der Waals surface area contributed by atoms with Crippen molar-refractivity contribution in [1.82, 2.24) is 15.6 Å². The lowest BCUT2D eigenvalue weighted by Crippen LogP contribution is -2.46. The van der Waals surface area contributed by atoms with Crippen LogP contribution in [0.5, 0.6) is 0 Å². The fourth-order valence-electron chi connectivity index (χ4n) is 1.88. The van der Waals surface area contributed by atoms with Gasteiger partial charge in [0.2, 0.25) is 0 Å². The Bertz CT molecular complexity index is 476. The Labute approximate surface area is 137 Å². The number of hydrogen-bond donors (Lipinski definition) is 3. The molecular weight excluding hydrogens is 298 g/mol. The number of rotatable bonds is 7. The summed E-state index contributed by atoms with van der Waals surface area (Å²) in [4.78, 5) is 16.3. The Morgan fingerprint density at radius 3 is 2.41 bits per heavy atom. The Hall–Kier alpha value is -1.14. The fraction of sp³-hybridized carbons (Fsp3) is 0.750. The van der Waals surface area contributed by atoms with Gasteiger partial charge in [-0.2, -0.15) is 0 Å². The Kier molecular flexibility index (Phi) is 6.81. The van der Waals surface area contributed by atoms with Crippen molar-refractivity contribution in [3.63, 3.8) is 0 Å². The van der Waals surface area contributed by atoms with Gasteiger partial charge in [-0.15, -0.1) is 11.3 Å². The molecule has 22 heavy (non-hydrogen) atoms. The molecular formula is C16H29N3O2S. The van der Waals surface area contributed by atoms with Crippen molar-refractivity contribution < 1.29 is 9.90 Å². The van der Waals surface area contributed by atoms with Crippen LogP contribution in [0.4, 0.5) is 4.79 Å². The standard InChI is InChI=1S/C16H29N3O2S/c1-6-16(21,7-2)11-18-14(20)17-9-8-12-10-22-13(19-12)15(3,4)5/h10,21H,6-9,11H2,1-5H3,(H2,17,18,20). The largest absolute Gasteiger partial charge is 0.388 e. The van der Waals surface area contributed by atoms with E-state index in [0.29, 0.717) is 25.8 Å². The molecule has 1 rings (SSSR count). The number of carbonyl (C=O) groups is 1. The van der Waals surface area contributed by atoms with E-state index in [1.807, 2.05) is 19.2 Å². The molecule has 0 aromatic carbocycles. The van der Waals surface area contributed by atoms with Crippen LogP contribution in [0.25, 0.3) is 0 Å². The van der Waals surface area contributed by atoms with Gasteiger partial charge in [-0.3, -0.25) is 0 Å². The molecule has 0 aliphatic carbocycles. The minimum Gasteiger partial charge on any atom is -0.388 e. The summed E-state index contributed by atoms with van der Waals surface area (Å²) in [5.41, 5.74) is 0.264. The van der Waals surface area contributed by atoms with Gasteiger partial charge in [-0.1, -0.05) is 34.6 Å². The lowest BCUT2D eigenvalue weighted by molar-refractivity contribution is 0.0349. The predicted molar refractivity (Wildman–Crippen MR) is 91.5 cm³/mol. The predicted octanol–water partition coefficient (Wildman–Crippen LogP) is 2.83. The number of aromatic nitrogens is 1. The minimum absolute atomic E-state index is 0.0679. The van der Waals surface area contributed by atoms with Crippen molar-refractivity contribution in [1.29, 1.82) is 0 Å². The molecule has 0 aliphatic heterocycles. The lowest BCUT2D eigenvalue weighted by Gasteiger charge is -2.25. The topological polar surface area (TPSA) is 74.2 Å². The van der Waals surface area contributed by atoms with Crippen molar-refractivity contribution in [2.45, 2.75) is 64.9 Å². The van der Waals surface area contributed by atoms with Crippen molar-refractivity contribution in [3.8, 4) is 0 Å². The maximum absolute atomic E-state index is 11.7. The highest BCUT2D eigenvalue weighted by Gasteiger charge is 2.22. The summed E-state index contributed by atoms with van der Waals surface area (Å²) < 4.78 is 0. The van der Waals surface area contributed by atoms with Crippen LogP contribution in [0, 0.1) is 0 Å². The number of urea groups is 1. The molecule has 0 unspecified atom stereocenters. The second-order valence-corrected chi connectivity index (χ2v) is 7.54. The average Bonchev–Trinajstić information content (AvgIpc) is 2.94. The third-order valence-corrected chi connectivity index (χ3v) is 5.07. The van der Waals surface area contributed by atoms with E-state index in [2.05, 4.69) is 36.4 Å². The van der Waals surface area contributed by atoms with Crippen LogP contribution in [-0.4, -0.2) is 34.8 Å². The molecule has 0 aliphatic rings. The van der Waals surface area contributed by atoms with E-state index in [0.717, 1.165) is 10.7 Å². The second-order valence-electron chi connectivity index (χ2n) is 6.68. The normalized spacial score (nSPS) is 12.3. The molecule has 3 N–H and O–H groups in total. The maximum Gasteiger partial charge on any atom is 0.314 e. The summed E-state index contributed by atoms with van der Waals surface area (Å²) in [5, 5.41) is 18.8. The monoisotopic (exact) mass is 327 g/mol. The molecule has 1 heterocycles. The average molecular weight is 327 g/mol. The van der Waals surface area contributed by atoms with Crippen LogP contribution in [0.2, 0.25) is 0 Å². The van der Waals surface area contributed by atoms with Crippen LogP contribution in [0.15, 0.2) is 5.38 Å². The van der Waals surface area contributed by atoms with E-state index >= 15 is 0 Å². The SMILES string of the molecule is CCC(O)(CC)CNC(=O)NCCc1csc(C(C)(C)C)n1. The number of thiazole rings is 1. The number of carbonyl (C=O) groups excluding carboxylic acids is 1. The molecule has 126 valence electrons. The molecule has 1 aromatic rings. The highest BCUT2D eigenvalue weighted by Crippen LogP contribution is 2.25. The van der Waals surface area contributed by atoms with E-state index < -0.39 is 5.60 Å². The zero-order valence-corrected chi connectivity index (χ0v) is 15.1. The molecule has 0 saturated carbocycles. The van der Waals surface area contributed by atoms with Crippen molar-refractivity contribution in [2.75, 3.05) is 13.1 Å². The highest BCUT2D eigenvalue weighted by atomic mass is 32.1. The Balaban J connectivity index is 2.32. The van der Waals surface area contributed by atoms with Gasteiger partial charge in [0.15, 0.2) is 0 Å². The first-order valence-corrected chi connectivity index (χ1v) is 8.77. The van der Waals surface area contributed by atoms with E-state index in [4.69, 9.17) is 0 Å². The van der Waals surface area contributed by atoms with Crippen LogP contribution in [0.1, 0.15) is 58.2 Å². The minimum atomic E-state index is -0.812. The Morgan fingerprint density at radius 1 is 1.27 bits per heavy atom. The summed E-state index contributed by atoms with van der Waals surface area (Å²) in [5.74, 6) is 0. The van der Waals surface area contributed by atoms with Gasteiger partial charge < -0.3 is 15.7 Å². The van der Waals surface area contributed by atoms with E-state index in [9.17, 15) is 9.90 Å². The summed E-state index contributed by atoms with van der Waals surface area (Å²) in [6.07, 6.45) is 1.96. The van der Waals surface area contributed by atoms with Crippen molar-refractivity contribution in [3.05, 3.63) is 16.1 Å². The number of nitrogens with zero attached hydrogens (tertiary/aromatic N) is 1. The van der Waals surface area contributed by atoms with Crippen LogP contribution >= 0.6 is 11.3 Å². The van der Waals surface area contributed by atoms with Crippen LogP contribution < -0.4 is 10.6 Å². The maximum atomic E-state index is 11.7. The molecule has 2 amide bonds. The number of aliphatic hydroxyl groups is 1. The first kappa shape index (κ1) is 18.9. The van der Waals surface area contributed by atoms with Crippen molar-refractivity contribution >= 4 is 17.4 Å². The summed E-state index contributed by atoms with van der Waals surface area (Å²) in [7, 11) is 0. The summed E-state index contributed by atoms with van der Waals surface area (Å²) >= 11 is 1.66. The Morgan fingerprint density at radius 2 is 1.91 bits per heavy atom. The van der Waals surface area contributed by atoms with Gasteiger partial charge in [0.05, 0.1) is 16.3 Å². The van der Waals surface area contributed by atoms with E-state index in [1.165, 1.54) is 0 Å². The summed E-state index contributed by atoms with van der Waals surface area (Å²) in [6, 6.07) is -0.244. The zero-order chi connectivity index (χ0) is 16.8. The van der Waals surface area contributed by atoms with Crippen LogP contribution in [-0.2, 0) is 11.8 Å². The lowest BCUT2D eigenvalue weighted by atomic mass is 9.98. The van der Waals surface area contributed by atoms with Gasteiger partial charge in [0.1, 0.15) is 0 Å². The number of amides is 2. The van der Waals surface area contributed by atoms with E-state index in [-0.39, 0.29) is 18.0 Å². The first-order valence-electron chi connectivity index (χ1n) is 7.89. The van der Waals surface area contributed by atoms with Crippen molar-refractivity contribution in [2.24, 2.45) is 0 Å². The molecule has 5 nitrogen and oxygen atoms in total. The highest BCUT2D eigenvalue weighted by molar-refractivity contribution is 7.09. The smallest absolute Gasteiger partial charge is 0.314 e. The molecule has 0 radical (unpaired) electrons. The molecule has 0 spiro atoms. The fourth-order valence-corrected chi connectivity index (χ4v) is 2.82. The first-order chi connectivity index (χ1) is 10.2. The molecule has 1 aromatic heterocycles. The third kappa shape index (κ3) is 5.93. The number of hydrogen-bond acceptors (Lipinski definition) is 4. The van der Waals surface area contributed by atoms with Gasteiger partial charge in [0, 0.05) is 30.3 Å². The second kappa shape index (κ2) is 7.92. The quantitative estimate of drug-likeness (QED) is 0.721. The number of nitrogens with one attached hydrogen (secondary N) is 2. The van der Waals surface area contributed by atoms with Gasteiger partial charge in [-0.05, 0) is 12.8 Å². The molecule has 0 bridgehead atoms. The van der Waals surface area contributed by atoms with E-state index in [1.54, 1.807) is 11.3 Å². The molecule has 6 heteroatoms. The zero-order valence-electron chi connectivity index (χ0n) is 14.3. The summed E-state index contributed by atoms with van der Waals surface area (Å²) in [6.45, 7) is 11.1. The third-order valence-electron chi connectivity index (χ3n) is 3.75. The van der Waals surface area contributed by atoms with Crippen LogP contribution in [0.3, 0.4) is 0 Å². The van der Waals surface area contributed by atoms with Gasteiger partial charge >= 0.3 is 6.03 Å². The molecule has 0 atom stereocenters. The van der Waals surface area contributed by atoms with Gasteiger partial charge in [0.25, 0.3) is 0 Å². The molecule has 0 fully saturated rings. The molecule has 0 saturated heterocycles.